The molecule has 12 nitrogen and oxygen atoms in total. The number of ether oxygens (including phenoxy) is 3. The molecule has 0 bridgehead atoms. The third-order valence-electron chi connectivity index (χ3n) is 7.19. The maximum Gasteiger partial charge on any atom is 0.306 e. The summed E-state index contributed by atoms with van der Waals surface area (Å²) in [6, 6.07) is 0. The molecule has 1 saturated carbocycles. The highest BCUT2D eigenvalue weighted by atomic mass is 16.7. The van der Waals surface area contributed by atoms with E-state index in [2.05, 4.69) is 6.92 Å². The molecule has 1 saturated heterocycles. The lowest BCUT2D eigenvalue weighted by molar-refractivity contribution is -0.340. The summed E-state index contributed by atoms with van der Waals surface area (Å²) in [7, 11) is 0. The standard InChI is InChI=1S/C25H46O12/c1-2-3-4-5-6-7-8-9-10-11-12-15(27)36-23-20(32)18(30)19(31)21(33)24(23)37-25-22(34)17(29)16(28)14(13-26)35-25/h14,16-26,28-34H,2-13H2,1H3. The molecular formula is C25H46O12. The van der Waals surface area contributed by atoms with E-state index in [1.165, 1.54) is 32.1 Å². The third-order valence-corrected chi connectivity index (χ3v) is 7.19. The largest absolute Gasteiger partial charge is 0.457 e. The van der Waals surface area contributed by atoms with Gasteiger partial charge in [0.2, 0.25) is 0 Å². The maximum absolute atomic E-state index is 12.5. The van der Waals surface area contributed by atoms with E-state index in [-0.39, 0.29) is 6.42 Å². The number of unbranched alkanes of at least 4 members (excludes halogenated alkanes) is 9. The first-order valence-corrected chi connectivity index (χ1v) is 13.5. The van der Waals surface area contributed by atoms with Crippen LogP contribution in [-0.2, 0) is 19.0 Å². The van der Waals surface area contributed by atoms with E-state index in [1.54, 1.807) is 0 Å². The van der Waals surface area contributed by atoms with Crippen LogP contribution >= 0.6 is 0 Å². The molecule has 0 aromatic heterocycles. The summed E-state index contributed by atoms with van der Waals surface area (Å²) >= 11 is 0. The SMILES string of the molecule is CCCCCCCCCCCCC(=O)OC1C(O)C(O)C(O)C(O)C1OC1OC(CO)C(O)C(O)C1O. The quantitative estimate of drug-likeness (QED) is 0.0919. The van der Waals surface area contributed by atoms with Crippen molar-refractivity contribution in [3.63, 3.8) is 0 Å². The van der Waals surface area contributed by atoms with E-state index in [4.69, 9.17) is 14.2 Å². The fourth-order valence-electron chi connectivity index (χ4n) is 4.78. The van der Waals surface area contributed by atoms with Gasteiger partial charge >= 0.3 is 5.97 Å². The van der Waals surface area contributed by atoms with Crippen molar-refractivity contribution in [3.8, 4) is 0 Å². The molecule has 2 rings (SSSR count). The molecular weight excluding hydrogens is 492 g/mol. The van der Waals surface area contributed by atoms with Crippen molar-refractivity contribution in [1.29, 1.82) is 0 Å². The Labute approximate surface area is 217 Å². The molecule has 0 aromatic rings. The summed E-state index contributed by atoms with van der Waals surface area (Å²) in [5, 5.41) is 80.7. The number of hydrogen-bond donors (Lipinski definition) is 8. The molecule has 1 aliphatic carbocycles. The van der Waals surface area contributed by atoms with Crippen LogP contribution < -0.4 is 0 Å². The molecule has 0 aromatic carbocycles. The minimum absolute atomic E-state index is 0.0290. The first-order valence-electron chi connectivity index (χ1n) is 13.5. The molecule has 0 amide bonds. The van der Waals surface area contributed by atoms with Crippen LogP contribution in [0.4, 0.5) is 0 Å². The Bertz CT molecular complexity index is 649. The normalized spacial score (nSPS) is 38.5. The van der Waals surface area contributed by atoms with Gasteiger partial charge in [0.1, 0.15) is 54.9 Å². The third kappa shape index (κ3) is 9.06. The number of rotatable bonds is 15. The Balaban J connectivity index is 1.89. The molecule has 0 spiro atoms. The van der Waals surface area contributed by atoms with E-state index >= 15 is 0 Å². The Morgan fingerprint density at radius 1 is 0.649 bits per heavy atom. The van der Waals surface area contributed by atoms with Crippen LogP contribution in [0, 0.1) is 0 Å². The van der Waals surface area contributed by atoms with Crippen LogP contribution in [0.3, 0.4) is 0 Å². The van der Waals surface area contributed by atoms with E-state index in [9.17, 15) is 45.6 Å². The van der Waals surface area contributed by atoms with Crippen LogP contribution in [0.15, 0.2) is 0 Å². The number of carbonyl (C=O) groups is 1. The first kappa shape index (κ1) is 32.3. The van der Waals surface area contributed by atoms with Gasteiger partial charge in [0.15, 0.2) is 12.4 Å². The van der Waals surface area contributed by atoms with Gasteiger partial charge in [0.25, 0.3) is 0 Å². The van der Waals surface area contributed by atoms with Crippen molar-refractivity contribution in [1.82, 2.24) is 0 Å². The lowest BCUT2D eigenvalue weighted by Gasteiger charge is -2.46. The number of esters is 1. The maximum atomic E-state index is 12.5. The molecule has 1 aliphatic heterocycles. The first-order chi connectivity index (χ1) is 17.6. The van der Waals surface area contributed by atoms with Gasteiger partial charge in [-0.2, -0.15) is 0 Å². The summed E-state index contributed by atoms with van der Waals surface area (Å²) in [5.41, 5.74) is 0. The van der Waals surface area contributed by atoms with Crippen molar-refractivity contribution in [2.24, 2.45) is 0 Å². The molecule has 11 unspecified atom stereocenters. The Kier molecular flexibility index (Phi) is 14.2. The van der Waals surface area contributed by atoms with Crippen LogP contribution in [-0.4, -0.2) is 121 Å². The van der Waals surface area contributed by atoms with Crippen molar-refractivity contribution in [2.45, 2.75) is 145 Å². The average molecular weight is 539 g/mol. The minimum Gasteiger partial charge on any atom is -0.457 e. The van der Waals surface area contributed by atoms with Gasteiger partial charge in [-0.1, -0.05) is 64.7 Å². The Hall–Kier alpha value is -0.930. The van der Waals surface area contributed by atoms with Gasteiger partial charge in [-0.15, -0.1) is 0 Å². The van der Waals surface area contributed by atoms with Gasteiger partial charge in [-0.25, -0.2) is 0 Å². The van der Waals surface area contributed by atoms with Gasteiger partial charge in [0.05, 0.1) is 6.61 Å². The number of aliphatic hydroxyl groups is 8. The molecule has 12 heteroatoms. The van der Waals surface area contributed by atoms with E-state index in [1.807, 2.05) is 0 Å². The Morgan fingerprint density at radius 2 is 1.14 bits per heavy atom. The van der Waals surface area contributed by atoms with Crippen molar-refractivity contribution < 1.29 is 59.9 Å². The molecule has 2 aliphatic rings. The predicted octanol–water partition coefficient (Wildman–Crippen LogP) is -1.15. The average Bonchev–Trinajstić information content (AvgIpc) is 2.89. The topological polar surface area (TPSA) is 207 Å². The van der Waals surface area contributed by atoms with E-state index in [0.29, 0.717) is 6.42 Å². The van der Waals surface area contributed by atoms with Crippen molar-refractivity contribution in [2.75, 3.05) is 6.61 Å². The Morgan fingerprint density at radius 3 is 1.68 bits per heavy atom. The summed E-state index contributed by atoms with van der Waals surface area (Å²) in [4.78, 5) is 12.5. The second kappa shape index (κ2) is 16.2. The van der Waals surface area contributed by atoms with Crippen LogP contribution in [0.25, 0.3) is 0 Å². The molecule has 218 valence electrons. The van der Waals surface area contributed by atoms with Crippen LogP contribution in [0.2, 0.25) is 0 Å². The number of carbonyl (C=O) groups excluding carboxylic acids is 1. The monoisotopic (exact) mass is 538 g/mol. The van der Waals surface area contributed by atoms with Crippen molar-refractivity contribution in [3.05, 3.63) is 0 Å². The highest BCUT2D eigenvalue weighted by molar-refractivity contribution is 5.69. The summed E-state index contributed by atoms with van der Waals surface area (Å²) < 4.78 is 16.1. The highest BCUT2D eigenvalue weighted by Gasteiger charge is 2.54. The van der Waals surface area contributed by atoms with E-state index in [0.717, 1.165) is 25.7 Å². The van der Waals surface area contributed by atoms with E-state index < -0.39 is 79.9 Å². The van der Waals surface area contributed by atoms with Gasteiger partial charge in [-0.3, -0.25) is 4.79 Å². The van der Waals surface area contributed by atoms with Crippen LogP contribution in [0.1, 0.15) is 77.6 Å². The van der Waals surface area contributed by atoms with Crippen LogP contribution in [0.5, 0.6) is 0 Å². The molecule has 0 radical (unpaired) electrons. The minimum atomic E-state index is -1.87. The second-order valence-electron chi connectivity index (χ2n) is 10.1. The fraction of sp³-hybridized carbons (Fsp3) is 0.960. The van der Waals surface area contributed by atoms with Gasteiger partial charge in [0, 0.05) is 6.42 Å². The molecule has 2 fully saturated rings. The smallest absolute Gasteiger partial charge is 0.306 e. The summed E-state index contributed by atoms with van der Waals surface area (Å²) in [6.45, 7) is 1.46. The molecule has 37 heavy (non-hydrogen) atoms. The van der Waals surface area contributed by atoms with Gasteiger partial charge < -0.3 is 55.1 Å². The van der Waals surface area contributed by atoms with Crippen molar-refractivity contribution >= 4 is 5.97 Å². The van der Waals surface area contributed by atoms with Gasteiger partial charge in [-0.05, 0) is 6.42 Å². The highest BCUT2D eigenvalue weighted by Crippen LogP contribution is 2.31. The zero-order valence-electron chi connectivity index (χ0n) is 21.5. The molecule has 11 atom stereocenters. The predicted molar refractivity (Wildman–Crippen MR) is 129 cm³/mol. The fourth-order valence-corrected chi connectivity index (χ4v) is 4.78. The summed E-state index contributed by atoms with van der Waals surface area (Å²) in [6.07, 6.45) is -8.20. The molecule has 8 N–H and O–H groups in total. The molecule has 1 heterocycles. The number of aliphatic hydroxyl groups excluding tert-OH is 8. The summed E-state index contributed by atoms with van der Waals surface area (Å²) in [5.74, 6) is -0.707. The zero-order valence-corrected chi connectivity index (χ0v) is 21.5. The second-order valence-corrected chi connectivity index (χ2v) is 10.1. The lowest BCUT2D eigenvalue weighted by Crippen LogP contribution is -2.67. The number of hydrogen-bond acceptors (Lipinski definition) is 12. The zero-order chi connectivity index (χ0) is 27.5. The lowest BCUT2D eigenvalue weighted by atomic mass is 9.84.